The summed E-state index contributed by atoms with van der Waals surface area (Å²) < 4.78 is 0. The molecule has 0 aromatic heterocycles. The normalized spacial score (nSPS) is 19.6. The van der Waals surface area contributed by atoms with Crippen molar-refractivity contribution in [2.75, 3.05) is 6.54 Å². The summed E-state index contributed by atoms with van der Waals surface area (Å²) in [6, 6.07) is 8.09. The van der Waals surface area contributed by atoms with Crippen molar-refractivity contribution in [1.29, 1.82) is 0 Å². The van der Waals surface area contributed by atoms with Gasteiger partial charge in [0.2, 0.25) is 5.91 Å². The van der Waals surface area contributed by atoms with Gasteiger partial charge in [0.1, 0.15) is 0 Å². The van der Waals surface area contributed by atoms with Gasteiger partial charge in [-0.2, -0.15) is 0 Å². The van der Waals surface area contributed by atoms with Crippen LogP contribution in [-0.2, 0) is 17.8 Å². The molecule has 104 valence electrons. The molecule has 0 spiro atoms. The quantitative estimate of drug-likeness (QED) is 0.693. The van der Waals surface area contributed by atoms with E-state index in [1.165, 1.54) is 11.1 Å². The van der Waals surface area contributed by atoms with Crippen LogP contribution in [0.25, 0.3) is 0 Å². The zero-order valence-electron chi connectivity index (χ0n) is 11.4. The Hall–Kier alpha value is -1.39. The average molecular weight is 262 g/mol. The van der Waals surface area contributed by atoms with Gasteiger partial charge in [-0.1, -0.05) is 24.3 Å². The summed E-state index contributed by atoms with van der Waals surface area (Å²) in [5.74, 6) is 0.0556. The van der Waals surface area contributed by atoms with E-state index in [2.05, 4.69) is 22.8 Å². The fraction of sp³-hybridized carbons (Fsp3) is 0.533. The van der Waals surface area contributed by atoms with Crippen molar-refractivity contribution in [2.24, 2.45) is 0 Å². The Morgan fingerprint density at radius 1 is 1.47 bits per heavy atom. The minimum absolute atomic E-state index is 0.0556. The number of benzene rings is 1. The largest absolute Gasteiger partial charge is 0.393 e. The maximum Gasteiger partial charge on any atom is 0.237 e. The molecule has 2 rings (SSSR count). The summed E-state index contributed by atoms with van der Waals surface area (Å²) in [7, 11) is 0. The number of hydrogen-bond acceptors (Lipinski definition) is 3. The number of carbonyl (C=O) groups excluding carboxylic acids is 1. The molecule has 1 aromatic rings. The Balaban J connectivity index is 1.79. The summed E-state index contributed by atoms with van der Waals surface area (Å²) in [5, 5.41) is 15.3. The molecule has 4 nitrogen and oxygen atoms in total. The lowest BCUT2D eigenvalue weighted by Crippen LogP contribution is -2.47. The van der Waals surface area contributed by atoms with Crippen LogP contribution in [0.2, 0.25) is 0 Å². The van der Waals surface area contributed by atoms with Crippen LogP contribution in [0.4, 0.5) is 0 Å². The molecule has 19 heavy (non-hydrogen) atoms. The Morgan fingerprint density at radius 3 is 2.95 bits per heavy atom. The van der Waals surface area contributed by atoms with E-state index in [4.69, 9.17) is 5.11 Å². The fourth-order valence-electron chi connectivity index (χ4n) is 2.37. The lowest BCUT2D eigenvalue weighted by atomic mass is 9.95. The smallest absolute Gasteiger partial charge is 0.237 e. The second kappa shape index (κ2) is 6.68. The van der Waals surface area contributed by atoms with Gasteiger partial charge in [0.25, 0.3) is 0 Å². The molecule has 1 aliphatic heterocycles. The van der Waals surface area contributed by atoms with E-state index < -0.39 is 0 Å². The Labute approximate surface area is 114 Å². The van der Waals surface area contributed by atoms with Gasteiger partial charge in [0, 0.05) is 13.1 Å². The minimum Gasteiger partial charge on any atom is -0.393 e. The zero-order chi connectivity index (χ0) is 13.7. The average Bonchev–Trinajstić information content (AvgIpc) is 2.42. The summed E-state index contributed by atoms with van der Waals surface area (Å²) >= 11 is 0. The third kappa shape index (κ3) is 4.04. The van der Waals surface area contributed by atoms with E-state index in [0.717, 1.165) is 25.8 Å². The number of carbonyl (C=O) groups is 1. The third-order valence-corrected chi connectivity index (χ3v) is 3.50. The SMILES string of the molecule is CC(O)CCCNC(=O)C1Cc2ccccc2CN1. The van der Waals surface area contributed by atoms with E-state index in [-0.39, 0.29) is 18.1 Å². The topological polar surface area (TPSA) is 61.4 Å². The number of fused-ring (bicyclic) bond motifs is 1. The number of aliphatic hydroxyl groups is 1. The van der Waals surface area contributed by atoms with E-state index >= 15 is 0 Å². The molecular weight excluding hydrogens is 240 g/mol. The minimum atomic E-state index is -0.295. The summed E-state index contributed by atoms with van der Waals surface area (Å²) in [4.78, 5) is 12.0. The molecule has 0 fully saturated rings. The molecule has 1 amide bonds. The molecule has 2 atom stereocenters. The van der Waals surface area contributed by atoms with E-state index in [9.17, 15) is 4.79 Å². The molecule has 2 unspecified atom stereocenters. The number of nitrogens with one attached hydrogen (secondary N) is 2. The molecular formula is C15H22N2O2. The lowest BCUT2D eigenvalue weighted by Gasteiger charge is -2.25. The van der Waals surface area contributed by atoms with Crippen LogP contribution in [-0.4, -0.2) is 29.7 Å². The van der Waals surface area contributed by atoms with Gasteiger partial charge < -0.3 is 15.7 Å². The van der Waals surface area contributed by atoms with Gasteiger partial charge in [-0.25, -0.2) is 0 Å². The number of aliphatic hydroxyl groups excluding tert-OH is 1. The van der Waals surface area contributed by atoms with Gasteiger partial charge in [-0.3, -0.25) is 4.79 Å². The van der Waals surface area contributed by atoms with Gasteiger partial charge in [0.05, 0.1) is 12.1 Å². The lowest BCUT2D eigenvalue weighted by molar-refractivity contribution is -0.123. The Morgan fingerprint density at radius 2 is 2.21 bits per heavy atom. The maximum atomic E-state index is 12.0. The maximum absolute atomic E-state index is 12.0. The van der Waals surface area contributed by atoms with Crippen LogP contribution < -0.4 is 10.6 Å². The van der Waals surface area contributed by atoms with Gasteiger partial charge in [-0.05, 0) is 37.3 Å². The second-order valence-corrected chi connectivity index (χ2v) is 5.19. The number of hydrogen-bond donors (Lipinski definition) is 3. The summed E-state index contributed by atoms with van der Waals surface area (Å²) in [6.45, 7) is 3.15. The van der Waals surface area contributed by atoms with E-state index in [1.54, 1.807) is 6.92 Å². The van der Waals surface area contributed by atoms with Crippen LogP contribution in [0.15, 0.2) is 24.3 Å². The van der Waals surface area contributed by atoms with Crippen molar-refractivity contribution < 1.29 is 9.90 Å². The van der Waals surface area contributed by atoms with Crippen molar-refractivity contribution >= 4 is 5.91 Å². The molecule has 4 heteroatoms. The number of rotatable bonds is 5. The van der Waals surface area contributed by atoms with Crippen LogP contribution in [0.1, 0.15) is 30.9 Å². The Bertz CT molecular complexity index is 432. The van der Waals surface area contributed by atoms with Crippen molar-refractivity contribution in [3.8, 4) is 0 Å². The molecule has 0 radical (unpaired) electrons. The first kappa shape index (κ1) is 14.0. The van der Waals surface area contributed by atoms with Crippen LogP contribution in [0.5, 0.6) is 0 Å². The van der Waals surface area contributed by atoms with Crippen molar-refractivity contribution in [2.45, 2.75) is 44.9 Å². The highest BCUT2D eigenvalue weighted by molar-refractivity contribution is 5.82. The summed E-state index contributed by atoms with van der Waals surface area (Å²) in [5.41, 5.74) is 2.53. The molecule has 0 saturated carbocycles. The zero-order valence-corrected chi connectivity index (χ0v) is 11.4. The first-order valence-corrected chi connectivity index (χ1v) is 6.93. The van der Waals surface area contributed by atoms with Crippen LogP contribution in [0, 0.1) is 0 Å². The van der Waals surface area contributed by atoms with Crippen molar-refractivity contribution in [3.63, 3.8) is 0 Å². The van der Waals surface area contributed by atoms with Gasteiger partial charge >= 0.3 is 0 Å². The Kier molecular flexibility index (Phi) is 4.93. The third-order valence-electron chi connectivity index (χ3n) is 3.50. The first-order chi connectivity index (χ1) is 9.16. The van der Waals surface area contributed by atoms with Crippen molar-refractivity contribution in [1.82, 2.24) is 10.6 Å². The van der Waals surface area contributed by atoms with Crippen LogP contribution in [0.3, 0.4) is 0 Å². The van der Waals surface area contributed by atoms with E-state index in [1.807, 2.05) is 12.1 Å². The molecule has 0 aliphatic carbocycles. The highest BCUT2D eigenvalue weighted by Crippen LogP contribution is 2.16. The monoisotopic (exact) mass is 262 g/mol. The highest BCUT2D eigenvalue weighted by Gasteiger charge is 2.23. The van der Waals surface area contributed by atoms with Crippen LogP contribution >= 0.6 is 0 Å². The number of amides is 1. The molecule has 0 bridgehead atoms. The van der Waals surface area contributed by atoms with Crippen molar-refractivity contribution in [3.05, 3.63) is 35.4 Å². The predicted octanol–water partition coefficient (Wildman–Crippen LogP) is 0.978. The second-order valence-electron chi connectivity index (χ2n) is 5.19. The highest BCUT2D eigenvalue weighted by atomic mass is 16.3. The molecule has 1 aliphatic rings. The summed E-state index contributed by atoms with van der Waals surface area (Å²) in [6.07, 6.45) is 1.99. The molecule has 1 heterocycles. The van der Waals surface area contributed by atoms with Gasteiger partial charge in [0.15, 0.2) is 0 Å². The molecule has 3 N–H and O–H groups in total. The van der Waals surface area contributed by atoms with Gasteiger partial charge in [-0.15, -0.1) is 0 Å². The molecule has 1 aromatic carbocycles. The first-order valence-electron chi connectivity index (χ1n) is 6.93. The predicted molar refractivity (Wildman–Crippen MR) is 74.7 cm³/mol. The standard InChI is InChI=1S/C15H22N2O2/c1-11(18)5-4-8-16-15(19)14-9-12-6-2-3-7-13(12)10-17-14/h2-3,6-7,11,14,17-18H,4-5,8-10H2,1H3,(H,16,19). The molecule has 0 saturated heterocycles. The van der Waals surface area contributed by atoms with E-state index in [0.29, 0.717) is 6.54 Å². The fourth-order valence-corrected chi connectivity index (χ4v) is 2.37.